The van der Waals surface area contributed by atoms with E-state index in [1.165, 1.54) is 21.8 Å². The highest BCUT2D eigenvalue weighted by molar-refractivity contribution is 5.44. The topological polar surface area (TPSA) is 78.8 Å². The Morgan fingerprint density at radius 3 is 2.93 bits per heavy atom. The predicted octanol–water partition coefficient (Wildman–Crippen LogP) is 0.514. The first-order valence-corrected chi connectivity index (χ1v) is 3.85. The summed E-state index contributed by atoms with van der Waals surface area (Å²) in [6.45, 7) is 0. The maximum atomic E-state index is 10.6. The van der Waals surface area contributed by atoms with E-state index in [9.17, 15) is 10.1 Å². The largest absolute Gasteiger partial charge is 0.331 e. The molecule has 0 aliphatic carbocycles. The smallest absolute Gasteiger partial charge is 0.283 e. The Balaban J connectivity index is 2.58. The number of aryl methyl sites for hydroxylation is 1. The van der Waals surface area contributed by atoms with E-state index in [-0.39, 0.29) is 11.5 Å². The Labute approximate surface area is 78.8 Å². The summed E-state index contributed by atoms with van der Waals surface area (Å²) >= 11 is 0. The van der Waals surface area contributed by atoms with Crippen LogP contribution in [-0.2, 0) is 7.05 Å². The molecule has 7 nitrogen and oxygen atoms in total. The highest BCUT2D eigenvalue weighted by Crippen LogP contribution is 2.19. The molecule has 2 aromatic rings. The Morgan fingerprint density at radius 1 is 1.57 bits per heavy atom. The third kappa shape index (κ3) is 1.24. The van der Waals surface area contributed by atoms with Gasteiger partial charge in [0.25, 0.3) is 0 Å². The second-order valence-corrected chi connectivity index (χ2v) is 2.74. The standard InChI is InChI=1S/C7H7N5O2/c1-10-4-6(12(13)14)7(9-10)11-3-2-8-5-11/h2-5H,1H3. The van der Waals surface area contributed by atoms with Crippen molar-refractivity contribution < 1.29 is 4.92 Å². The monoisotopic (exact) mass is 193 g/mol. The van der Waals surface area contributed by atoms with Gasteiger partial charge in [-0.05, 0) is 0 Å². The Kier molecular flexibility index (Phi) is 1.77. The van der Waals surface area contributed by atoms with E-state index in [0.29, 0.717) is 0 Å². The van der Waals surface area contributed by atoms with E-state index in [1.54, 1.807) is 19.4 Å². The molecule has 0 aliphatic rings. The van der Waals surface area contributed by atoms with Crippen LogP contribution in [0.3, 0.4) is 0 Å². The van der Waals surface area contributed by atoms with Gasteiger partial charge in [-0.25, -0.2) is 4.98 Å². The number of imidazole rings is 1. The van der Waals surface area contributed by atoms with Crippen LogP contribution in [0, 0.1) is 10.1 Å². The summed E-state index contributed by atoms with van der Waals surface area (Å²) in [4.78, 5) is 14.0. The Morgan fingerprint density at radius 2 is 2.36 bits per heavy atom. The fourth-order valence-corrected chi connectivity index (χ4v) is 1.16. The zero-order valence-electron chi connectivity index (χ0n) is 7.36. The van der Waals surface area contributed by atoms with E-state index in [1.807, 2.05) is 0 Å². The predicted molar refractivity (Wildman–Crippen MR) is 47.0 cm³/mol. The van der Waals surface area contributed by atoms with Gasteiger partial charge in [0.15, 0.2) is 0 Å². The van der Waals surface area contributed by atoms with Crippen LogP contribution in [0.25, 0.3) is 5.82 Å². The maximum Gasteiger partial charge on any atom is 0.331 e. The van der Waals surface area contributed by atoms with Gasteiger partial charge in [0.1, 0.15) is 12.5 Å². The molecule has 0 atom stereocenters. The summed E-state index contributed by atoms with van der Waals surface area (Å²) in [6.07, 6.45) is 5.97. The fourth-order valence-electron chi connectivity index (χ4n) is 1.16. The quantitative estimate of drug-likeness (QED) is 0.514. The van der Waals surface area contributed by atoms with E-state index in [0.717, 1.165) is 0 Å². The summed E-state index contributed by atoms with van der Waals surface area (Å²) in [7, 11) is 1.63. The van der Waals surface area contributed by atoms with E-state index in [2.05, 4.69) is 10.1 Å². The number of aromatic nitrogens is 4. The number of nitrogens with zero attached hydrogens (tertiary/aromatic N) is 5. The molecule has 0 bridgehead atoms. The summed E-state index contributed by atoms with van der Waals surface area (Å²) in [5.41, 5.74) is -0.0366. The molecule has 0 aliphatic heterocycles. The van der Waals surface area contributed by atoms with Crippen LogP contribution < -0.4 is 0 Å². The van der Waals surface area contributed by atoms with Gasteiger partial charge in [-0.2, -0.15) is 0 Å². The molecule has 0 N–H and O–H groups in total. The number of nitro groups is 1. The lowest BCUT2D eigenvalue weighted by atomic mass is 10.5. The zero-order chi connectivity index (χ0) is 10.1. The Hall–Kier alpha value is -2.18. The van der Waals surface area contributed by atoms with E-state index >= 15 is 0 Å². The lowest BCUT2D eigenvalue weighted by Gasteiger charge is -1.93. The molecule has 0 spiro atoms. The van der Waals surface area contributed by atoms with Gasteiger partial charge < -0.3 is 0 Å². The van der Waals surface area contributed by atoms with Crippen molar-refractivity contribution in [1.29, 1.82) is 0 Å². The second kappa shape index (κ2) is 2.95. The highest BCUT2D eigenvalue weighted by Gasteiger charge is 2.19. The molecule has 0 unspecified atom stereocenters. The SMILES string of the molecule is Cn1cc([N+](=O)[O-])c(-n2ccnc2)n1. The van der Waals surface area contributed by atoms with Crippen LogP contribution in [0.15, 0.2) is 24.9 Å². The molecule has 0 fully saturated rings. The first-order valence-electron chi connectivity index (χ1n) is 3.85. The normalized spacial score (nSPS) is 10.4. The van der Waals surface area contributed by atoms with Gasteiger partial charge in [0.2, 0.25) is 5.82 Å². The van der Waals surface area contributed by atoms with Crippen LogP contribution in [0.2, 0.25) is 0 Å². The van der Waals surface area contributed by atoms with Gasteiger partial charge in [0, 0.05) is 19.4 Å². The molecule has 0 saturated heterocycles. The summed E-state index contributed by atoms with van der Waals surface area (Å²) in [5, 5.41) is 14.6. The second-order valence-electron chi connectivity index (χ2n) is 2.74. The van der Waals surface area contributed by atoms with Crippen molar-refractivity contribution in [3.05, 3.63) is 35.0 Å². The average Bonchev–Trinajstić information content (AvgIpc) is 2.70. The third-order valence-corrected chi connectivity index (χ3v) is 1.74. The van der Waals surface area contributed by atoms with Gasteiger partial charge in [0.05, 0.1) is 4.92 Å². The summed E-state index contributed by atoms with van der Waals surface area (Å²) in [6, 6.07) is 0. The maximum absolute atomic E-state index is 10.6. The molecule has 7 heteroatoms. The molecule has 14 heavy (non-hydrogen) atoms. The van der Waals surface area contributed by atoms with Crippen LogP contribution in [0.4, 0.5) is 5.69 Å². The first-order chi connectivity index (χ1) is 6.68. The van der Waals surface area contributed by atoms with Crippen LogP contribution >= 0.6 is 0 Å². The number of rotatable bonds is 2. The van der Waals surface area contributed by atoms with Crippen molar-refractivity contribution in [1.82, 2.24) is 19.3 Å². The van der Waals surface area contributed by atoms with Crippen LogP contribution in [-0.4, -0.2) is 24.3 Å². The van der Waals surface area contributed by atoms with Crippen molar-refractivity contribution in [2.24, 2.45) is 7.05 Å². The van der Waals surface area contributed by atoms with Crippen molar-refractivity contribution in [3.8, 4) is 5.82 Å². The van der Waals surface area contributed by atoms with Crippen molar-refractivity contribution in [2.75, 3.05) is 0 Å². The molecule has 2 heterocycles. The van der Waals surface area contributed by atoms with Gasteiger partial charge in [-0.3, -0.25) is 19.4 Å². The van der Waals surface area contributed by atoms with E-state index in [4.69, 9.17) is 0 Å². The molecule has 0 amide bonds. The van der Waals surface area contributed by atoms with Crippen molar-refractivity contribution >= 4 is 5.69 Å². The Bertz CT molecular complexity index is 458. The first kappa shape index (κ1) is 8.42. The molecule has 0 aromatic carbocycles. The minimum atomic E-state index is -0.470. The van der Waals surface area contributed by atoms with E-state index < -0.39 is 4.92 Å². The number of hydrogen-bond donors (Lipinski definition) is 0. The lowest BCUT2D eigenvalue weighted by Crippen LogP contribution is -1.97. The molecule has 0 saturated carbocycles. The zero-order valence-corrected chi connectivity index (χ0v) is 7.36. The molecular formula is C7H7N5O2. The average molecular weight is 193 g/mol. The number of hydrogen-bond acceptors (Lipinski definition) is 4. The highest BCUT2D eigenvalue weighted by atomic mass is 16.6. The minimum absolute atomic E-state index is 0.0366. The minimum Gasteiger partial charge on any atom is -0.283 e. The van der Waals surface area contributed by atoms with Gasteiger partial charge in [-0.15, -0.1) is 5.10 Å². The fraction of sp³-hybridized carbons (Fsp3) is 0.143. The third-order valence-electron chi connectivity index (χ3n) is 1.74. The summed E-state index contributed by atoms with van der Waals surface area (Å²) in [5.74, 6) is 0.273. The van der Waals surface area contributed by atoms with Crippen LogP contribution in [0.5, 0.6) is 0 Å². The van der Waals surface area contributed by atoms with Crippen molar-refractivity contribution in [3.63, 3.8) is 0 Å². The molecule has 2 rings (SSSR count). The summed E-state index contributed by atoms with van der Waals surface area (Å²) < 4.78 is 2.89. The lowest BCUT2D eigenvalue weighted by molar-refractivity contribution is -0.384. The molecule has 0 radical (unpaired) electrons. The molecule has 72 valence electrons. The van der Waals surface area contributed by atoms with Gasteiger partial charge in [-0.1, -0.05) is 0 Å². The van der Waals surface area contributed by atoms with Crippen LogP contribution in [0.1, 0.15) is 0 Å². The molecule has 2 aromatic heterocycles. The molecular weight excluding hydrogens is 186 g/mol. The van der Waals surface area contributed by atoms with Crippen molar-refractivity contribution in [2.45, 2.75) is 0 Å². The van der Waals surface area contributed by atoms with Gasteiger partial charge >= 0.3 is 5.69 Å².